The molecule has 28 heavy (non-hydrogen) atoms. The van der Waals surface area contributed by atoms with Crippen molar-refractivity contribution in [3.8, 4) is 17.2 Å². The van der Waals surface area contributed by atoms with Gasteiger partial charge >= 0.3 is 0 Å². The van der Waals surface area contributed by atoms with Gasteiger partial charge in [0, 0.05) is 37.5 Å². The first-order valence-electron chi connectivity index (χ1n) is 10.0. The summed E-state index contributed by atoms with van der Waals surface area (Å²) in [7, 11) is 0. The number of likely N-dealkylation sites (tertiary alicyclic amines) is 1. The quantitative estimate of drug-likeness (QED) is 0.290. The van der Waals surface area contributed by atoms with Gasteiger partial charge in [0.25, 0.3) is 0 Å². The Balaban J connectivity index is 0.00000192. The molecule has 8 heteroatoms. The van der Waals surface area contributed by atoms with E-state index in [0.29, 0.717) is 37.2 Å². The van der Waals surface area contributed by atoms with Crippen LogP contribution in [0, 0.1) is 11.8 Å². The van der Waals surface area contributed by atoms with Crippen LogP contribution in [0.25, 0.3) is 0 Å². The fourth-order valence-electron chi connectivity index (χ4n) is 4.84. The SMILES string of the molecule is CCNC(=NCCOc1ccc2c(c1)OCO2)N1CC2C3CCC(O3)C2C1.I. The molecule has 1 aromatic carbocycles. The average molecular weight is 501 g/mol. The third-order valence-electron chi connectivity index (χ3n) is 6.05. The smallest absolute Gasteiger partial charge is 0.231 e. The third-order valence-corrected chi connectivity index (χ3v) is 6.05. The molecule has 0 amide bonds. The first kappa shape index (κ1) is 19.9. The first-order valence-corrected chi connectivity index (χ1v) is 10.0. The number of hydrogen-bond acceptors (Lipinski definition) is 5. The number of rotatable bonds is 5. The summed E-state index contributed by atoms with van der Waals surface area (Å²) < 4.78 is 22.6. The zero-order valence-electron chi connectivity index (χ0n) is 16.1. The van der Waals surface area contributed by atoms with Crippen LogP contribution in [-0.2, 0) is 4.74 Å². The molecule has 4 heterocycles. The molecule has 3 fully saturated rings. The van der Waals surface area contributed by atoms with Gasteiger partial charge in [0.15, 0.2) is 17.5 Å². The Kier molecular flexibility index (Phi) is 6.05. The van der Waals surface area contributed by atoms with Gasteiger partial charge in [-0.3, -0.25) is 0 Å². The lowest BCUT2D eigenvalue weighted by atomic mass is 9.82. The van der Waals surface area contributed by atoms with E-state index >= 15 is 0 Å². The van der Waals surface area contributed by atoms with Crippen LogP contribution in [0.4, 0.5) is 0 Å². The molecule has 4 aliphatic heterocycles. The van der Waals surface area contributed by atoms with Crippen LogP contribution in [0.2, 0.25) is 0 Å². The highest BCUT2D eigenvalue weighted by Gasteiger charge is 2.53. The molecule has 0 radical (unpaired) electrons. The maximum atomic E-state index is 6.08. The molecular weight excluding hydrogens is 473 g/mol. The fraction of sp³-hybridized carbons (Fsp3) is 0.650. The molecule has 154 valence electrons. The van der Waals surface area contributed by atoms with Crippen molar-refractivity contribution in [1.82, 2.24) is 10.2 Å². The Hall–Kier alpha value is -1.42. The predicted octanol–water partition coefficient (Wildman–Crippen LogP) is 2.49. The number of nitrogens with one attached hydrogen (secondary N) is 1. The molecule has 4 unspecified atom stereocenters. The van der Waals surface area contributed by atoms with E-state index < -0.39 is 0 Å². The zero-order valence-corrected chi connectivity index (χ0v) is 18.5. The Morgan fingerprint density at radius 1 is 1.18 bits per heavy atom. The number of hydrogen-bond donors (Lipinski definition) is 1. The number of ether oxygens (including phenoxy) is 4. The van der Waals surface area contributed by atoms with Crippen molar-refractivity contribution in [3.05, 3.63) is 18.2 Å². The highest BCUT2D eigenvalue weighted by molar-refractivity contribution is 14.0. The molecule has 5 rings (SSSR count). The normalized spacial score (nSPS) is 29.6. The van der Waals surface area contributed by atoms with Gasteiger partial charge in [-0.15, -0.1) is 24.0 Å². The Bertz CT molecular complexity index is 713. The molecule has 4 atom stereocenters. The summed E-state index contributed by atoms with van der Waals surface area (Å²) in [6.45, 7) is 6.52. The molecule has 0 saturated carbocycles. The van der Waals surface area contributed by atoms with Gasteiger partial charge < -0.3 is 29.2 Å². The number of guanidine groups is 1. The van der Waals surface area contributed by atoms with Crippen LogP contribution in [0.3, 0.4) is 0 Å². The summed E-state index contributed by atoms with van der Waals surface area (Å²) in [6.07, 6.45) is 3.41. The zero-order chi connectivity index (χ0) is 18.2. The monoisotopic (exact) mass is 501 g/mol. The molecule has 7 nitrogen and oxygen atoms in total. The second-order valence-electron chi connectivity index (χ2n) is 7.62. The van der Waals surface area contributed by atoms with Crippen LogP contribution < -0.4 is 19.5 Å². The van der Waals surface area contributed by atoms with Gasteiger partial charge in [0.2, 0.25) is 6.79 Å². The molecule has 0 spiro atoms. The summed E-state index contributed by atoms with van der Waals surface area (Å²) in [5.41, 5.74) is 0. The van der Waals surface area contributed by atoms with Crippen molar-refractivity contribution in [2.75, 3.05) is 39.6 Å². The summed E-state index contributed by atoms with van der Waals surface area (Å²) >= 11 is 0. The predicted molar refractivity (Wildman–Crippen MR) is 116 cm³/mol. The minimum atomic E-state index is 0. The second-order valence-corrected chi connectivity index (χ2v) is 7.62. The van der Waals surface area contributed by atoms with Crippen LogP contribution >= 0.6 is 24.0 Å². The van der Waals surface area contributed by atoms with Gasteiger partial charge in [-0.1, -0.05) is 0 Å². The molecule has 0 aliphatic carbocycles. The van der Waals surface area contributed by atoms with Crippen molar-refractivity contribution >= 4 is 29.9 Å². The number of fused-ring (bicyclic) bond motifs is 6. The van der Waals surface area contributed by atoms with Crippen LogP contribution in [0.5, 0.6) is 17.2 Å². The number of benzene rings is 1. The summed E-state index contributed by atoms with van der Waals surface area (Å²) in [6, 6.07) is 5.65. The van der Waals surface area contributed by atoms with Crippen LogP contribution in [-0.4, -0.2) is 62.6 Å². The summed E-state index contributed by atoms with van der Waals surface area (Å²) in [5.74, 6) is 4.65. The van der Waals surface area contributed by atoms with Crippen LogP contribution in [0.15, 0.2) is 23.2 Å². The van der Waals surface area contributed by atoms with Gasteiger partial charge in [0.05, 0.1) is 18.8 Å². The van der Waals surface area contributed by atoms with Gasteiger partial charge in [-0.2, -0.15) is 0 Å². The third kappa shape index (κ3) is 3.72. The Morgan fingerprint density at radius 2 is 1.93 bits per heavy atom. The van der Waals surface area contributed by atoms with Gasteiger partial charge in [-0.05, 0) is 31.9 Å². The van der Waals surface area contributed by atoms with Crippen molar-refractivity contribution in [2.45, 2.75) is 32.0 Å². The van der Waals surface area contributed by atoms with E-state index in [0.717, 1.165) is 42.8 Å². The maximum Gasteiger partial charge on any atom is 0.231 e. The number of aliphatic imine (C=N–C) groups is 1. The molecular formula is C20H28IN3O4. The van der Waals surface area contributed by atoms with Gasteiger partial charge in [-0.25, -0.2) is 4.99 Å². The van der Waals surface area contributed by atoms with Gasteiger partial charge in [0.1, 0.15) is 12.4 Å². The summed E-state index contributed by atoms with van der Waals surface area (Å²) in [5, 5.41) is 3.44. The van der Waals surface area contributed by atoms with Crippen molar-refractivity contribution in [2.24, 2.45) is 16.8 Å². The van der Waals surface area contributed by atoms with E-state index in [1.54, 1.807) is 0 Å². The lowest BCUT2D eigenvalue weighted by Gasteiger charge is -2.23. The lowest BCUT2D eigenvalue weighted by Crippen LogP contribution is -2.41. The number of nitrogens with zero attached hydrogens (tertiary/aromatic N) is 2. The Morgan fingerprint density at radius 3 is 2.68 bits per heavy atom. The van der Waals surface area contributed by atoms with E-state index in [1.807, 2.05) is 18.2 Å². The standard InChI is InChI=1S/C20H27N3O4.HI/c1-2-21-20(23-10-14-15(11-23)17-6-5-16(14)27-17)22-7-8-24-13-3-4-18-19(9-13)26-12-25-18;/h3-4,9,14-17H,2,5-8,10-12H2,1H3,(H,21,22);1H. The van der Waals surface area contributed by atoms with E-state index in [2.05, 4.69) is 17.1 Å². The number of halogens is 1. The summed E-state index contributed by atoms with van der Waals surface area (Å²) in [4.78, 5) is 7.20. The first-order chi connectivity index (χ1) is 13.3. The van der Waals surface area contributed by atoms with Crippen molar-refractivity contribution in [1.29, 1.82) is 0 Å². The largest absolute Gasteiger partial charge is 0.492 e. The molecule has 1 N–H and O–H groups in total. The van der Waals surface area contributed by atoms with E-state index in [4.69, 9.17) is 23.9 Å². The highest BCUT2D eigenvalue weighted by atomic mass is 127. The van der Waals surface area contributed by atoms with Crippen LogP contribution in [0.1, 0.15) is 19.8 Å². The maximum absolute atomic E-state index is 6.08. The van der Waals surface area contributed by atoms with E-state index in [-0.39, 0.29) is 30.8 Å². The molecule has 4 aliphatic rings. The lowest BCUT2D eigenvalue weighted by molar-refractivity contribution is 0.0767. The van der Waals surface area contributed by atoms with E-state index in [9.17, 15) is 0 Å². The molecule has 3 saturated heterocycles. The fourth-order valence-corrected chi connectivity index (χ4v) is 4.84. The second kappa shape index (κ2) is 8.52. The Labute approximate surface area is 182 Å². The minimum Gasteiger partial charge on any atom is -0.492 e. The van der Waals surface area contributed by atoms with E-state index in [1.165, 1.54) is 12.8 Å². The molecule has 2 bridgehead atoms. The highest BCUT2D eigenvalue weighted by Crippen LogP contribution is 2.47. The average Bonchev–Trinajstić information content (AvgIpc) is 3.45. The minimum absolute atomic E-state index is 0. The topological polar surface area (TPSA) is 64.6 Å². The van der Waals surface area contributed by atoms with Crippen molar-refractivity contribution < 1.29 is 18.9 Å². The molecule has 1 aromatic rings. The van der Waals surface area contributed by atoms with Crippen molar-refractivity contribution in [3.63, 3.8) is 0 Å². The molecule has 0 aromatic heterocycles.